The fourth-order valence-corrected chi connectivity index (χ4v) is 3.93. The average molecular weight is 456 g/mol. The maximum absolute atomic E-state index is 12.7. The Morgan fingerprint density at radius 3 is 2.07 bits per heavy atom. The summed E-state index contributed by atoms with van der Waals surface area (Å²) < 4.78 is 5.77. The van der Waals surface area contributed by atoms with E-state index in [4.69, 9.17) is 27.9 Å². The van der Waals surface area contributed by atoms with Crippen molar-refractivity contribution in [3.05, 3.63) is 98.9 Å². The molecule has 4 nitrogen and oxygen atoms in total. The number of imide groups is 1. The van der Waals surface area contributed by atoms with E-state index in [-0.39, 0.29) is 11.1 Å². The third kappa shape index (κ3) is 4.70. The van der Waals surface area contributed by atoms with E-state index in [1.807, 2.05) is 48.5 Å². The van der Waals surface area contributed by atoms with Crippen LogP contribution >= 0.6 is 35.0 Å². The van der Waals surface area contributed by atoms with Gasteiger partial charge in [-0.3, -0.25) is 9.59 Å². The van der Waals surface area contributed by atoms with Crippen molar-refractivity contribution in [1.82, 2.24) is 0 Å². The Kier molecular flexibility index (Phi) is 6.13. The zero-order chi connectivity index (χ0) is 21.1. The van der Waals surface area contributed by atoms with Gasteiger partial charge in [0, 0.05) is 10.0 Å². The number of carbonyl (C=O) groups is 2. The summed E-state index contributed by atoms with van der Waals surface area (Å²) >= 11 is 12.7. The lowest BCUT2D eigenvalue weighted by Gasteiger charge is -2.12. The molecule has 0 radical (unpaired) electrons. The summed E-state index contributed by atoms with van der Waals surface area (Å²) in [5, 5.41) is 0.889. The monoisotopic (exact) mass is 455 g/mol. The summed E-state index contributed by atoms with van der Waals surface area (Å²) in [5.41, 5.74) is 2.31. The molecule has 0 aromatic heterocycles. The van der Waals surface area contributed by atoms with Crippen LogP contribution in [-0.2, 0) is 11.4 Å². The molecule has 4 rings (SSSR count). The first kappa shape index (κ1) is 20.5. The van der Waals surface area contributed by atoms with Gasteiger partial charge in [-0.15, -0.1) is 0 Å². The summed E-state index contributed by atoms with van der Waals surface area (Å²) in [6, 6.07) is 21.4. The van der Waals surface area contributed by atoms with E-state index in [1.54, 1.807) is 30.3 Å². The molecule has 2 amide bonds. The molecule has 0 unspecified atom stereocenters. The molecule has 0 bridgehead atoms. The molecule has 0 saturated carbocycles. The van der Waals surface area contributed by atoms with Crippen LogP contribution in [0.3, 0.4) is 0 Å². The molecule has 1 aliphatic rings. The molecule has 3 aromatic rings. The van der Waals surface area contributed by atoms with Crippen molar-refractivity contribution in [2.75, 3.05) is 4.90 Å². The molecule has 0 aliphatic carbocycles. The zero-order valence-electron chi connectivity index (χ0n) is 15.5. The highest BCUT2D eigenvalue weighted by Crippen LogP contribution is 2.36. The molecule has 7 heteroatoms. The summed E-state index contributed by atoms with van der Waals surface area (Å²) in [7, 11) is 0. The summed E-state index contributed by atoms with van der Waals surface area (Å²) in [4.78, 5) is 26.6. The first-order chi connectivity index (χ1) is 14.5. The van der Waals surface area contributed by atoms with E-state index in [9.17, 15) is 9.59 Å². The Morgan fingerprint density at radius 2 is 1.43 bits per heavy atom. The Hall–Kier alpha value is -2.73. The molecular formula is C23H15Cl2NO3S. The van der Waals surface area contributed by atoms with Crippen LogP contribution in [0.25, 0.3) is 6.08 Å². The van der Waals surface area contributed by atoms with Gasteiger partial charge in [0.25, 0.3) is 11.1 Å². The highest BCUT2D eigenvalue weighted by molar-refractivity contribution is 8.19. The van der Waals surface area contributed by atoms with Gasteiger partial charge in [0.05, 0.1) is 10.6 Å². The number of hydrogen-bond donors (Lipinski definition) is 0. The summed E-state index contributed by atoms with van der Waals surface area (Å²) in [5.74, 6) is 0.353. The summed E-state index contributed by atoms with van der Waals surface area (Å²) in [6.07, 6.45) is 1.70. The van der Waals surface area contributed by atoms with Crippen LogP contribution in [0.1, 0.15) is 11.1 Å². The fraction of sp³-hybridized carbons (Fsp3) is 0.0435. The second-order valence-electron chi connectivity index (χ2n) is 6.48. The highest BCUT2D eigenvalue weighted by atomic mass is 35.5. The van der Waals surface area contributed by atoms with Gasteiger partial charge in [-0.25, -0.2) is 4.90 Å². The maximum Gasteiger partial charge on any atom is 0.298 e. The van der Waals surface area contributed by atoms with E-state index in [2.05, 4.69) is 0 Å². The van der Waals surface area contributed by atoms with Crippen molar-refractivity contribution in [3.63, 3.8) is 0 Å². The number of carbonyl (C=O) groups excluding carboxylic acids is 2. The van der Waals surface area contributed by atoms with Crippen LogP contribution < -0.4 is 9.64 Å². The molecule has 1 aliphatic heterocycles. The van der Waals surface area contributed by atoms with E-state index >= 15 is 0 Å². The van der Waals surface area contributed by atoms with Crippen molar-refractivity contribution < 1.29 is 14.3 Å². The fourth-order valence-electron chi connectivity index (χ4n) is 2.84. The van der Waals surface area contributed by atoms with Gasteiger partial charge in [-0.2, -0.15) is 0 Å². The van der Waals surface area contributed by atoms with Crippen molar-refractivity contribution in [2.45, 2.75) is 6.61 Å². The minimum Gasteiger partial charge on any atom is -0.489 e. The van der Waals surface area contributed by atoms with Gasteiger partial charge in [-0.05, 0) is 77.5 Å². The number of thioether (sulfide) groups is 1. The van der Waals surface area contributed by atoms with Crippen LogP contribution in [0.2, 0.25) is 10.0 Å². The second-order valence-corrected chi connectivity index (χ2v) is 8.34. The largest absolute Gasteiger partial charge is 0.489 e. The molecular weight excluding hydrogens is 441 g/mol. The number of rotatable bonds is 5. The predicted molar refractivity (Wildman–Crippen MR) is 122 cm³/mol. The lowest BCUT2D eigenvalue weighted by molar-refractivity contribution is -0.113. The molecule has 0 N–H and O–H groups in total. The Balaban J connectivity index is 1.44. The van der Waals surface area contributed by atoms with Gasteiger partial charge in [0.2, 0.25) is 0 Å². The zero-order valence-corrected chi connectivity index (χ0v) is 17.9. The van der Waals surface area contributed by atoms with Crippen molar-refractivity contribution in [2.24, 2.45) is 0 Å². The number of anilines is 1. The Bertz CT molecular complexity index is 1110. The highest BCUT2D eigenvalue weighted by Gasteiger charge is 2.36. The van der Waals surface area contributed by atoms with Gasteiger partial charge < -0.3 is 4.74 Å². The molecule has 1 saturated heterocycles. The lowest BCUT2D eigenvalue weighted by atomic mass is 10.2. The number of ether oxygens (including phenoxy) is 1. The number of amides is 2. The first-order valence-corrected chi connectivity index (χ1v) is 10.6. The van der Waals surface area contributed by atoms with Crippen LogP contribution in [0.5, 0.6) is 5.75 Å². The Morgan fingerprint density at radius 1 is 0.833 bits per heavy atom. The van der Waals surface area contributed by atoms with Crippen LogP contribution in [0, 0.1) is 0 Å². The minimum absolute atomic E-state index is 0.337. The molecule has 150 valence electrons. The lowest BCUT2D eigenvalue weighted by Crippen LogP contribution is -2.27. The molecule has 30 heavy (non-hydrogen) atoms. The van der Waals surface area contributed by atoms with Crippen LogP contribution in [0.4, 0.5) is 10.5 Å². The molecule has 3 aromatic carbocycles. The van der Waals surface area contributed by atoms with Crippen molar-refractivity contribution in [3.8, 4) is 5.75 Å². The third-order valence-electron chi connectivity index (χ3n) is 4.38. The average Bonchev–Trinajstić information content (AvgIpc) is 3.02. The van der Waals surface area contributed by atoms with E-state index in [1.165, 1.54) is 0 Å². The number of halogens is 2. The first-order valence-electron chi connectivity index (χ1n) is 9.00. The molecule has 0 atom stereocenters. The summed E-state index contributed by atoms with van der Waals surface area (Å²) in [6.45, 7) is 0.427. The van der Waals surface area contributed by atoms with Crippen molar-refractivity contribution >= 4 is 57.9 Å². The molecule has 1 fully saturated rings. The van der Waals surface area contributed by atoms with Gasteiger partial charge in [0.15, 0.2) is 0 Å². The standard InChI is InChI=1S/C23H15Cl2NO3S/c24-17-5-1-16(2-6-17)14-29-20-11-3-15(4-12-20)13-21-22(27)26(23(28)30-21)19-9-7-18(25)8-10-19/h1-13H,14H2/b21-13+. The number of hydrogen-bond acceptors (Lipinski definition) is 4. The quantitative estimate of drug-likeness (QED) is 0.396. The van der Waals surface area contributed by atoms with Gasteiger partial charge in [0.1, 0.15) is 12.4 Å². The predicted octanol–water partition coefficient (Wildman–Crippen LogP) is 6.81. The van der Waals surface area contributed by atoms with Crippen LogP contribution in [-0.4, -0.2) is 11.1 Å². The van der Waals surface area contributed by atoms with Crippen molar-refractivity contribution in [1.29, 1.82) is 0 Å². The Labute approximate surface area is 188 Å². The second kappa shape index (κ2) is 8.96. The molecule has 0 spiro atoms. The normalized spacial score (nSPS) is 15.1. The number of benzene rings is 3. The van der Waals surface area contributed by atoms with Gasteiger partial charge >= 0.3 is 0 Å². The third-order valence-corrected chi connectivity index (χ3v) is 5.75. The topological polar surface area (TPSA) is 46.6 Å². The van der Waals surface area contributed by atoms with E-state index < -0.39 is 0 Å². The smallest absolute Gasteiger partial charge is 0.298 e. The van der Waals surface area contributed by atoms with Crippen LogP contribution in [0.15, 0.2) is 77.7 Å². The van der Waals surface area contributed by atoms with E-state index in [0.29, 0.717) is 33.0 Å². The number of nitrogens with zero attached hydrogens (tertiary/aromatic N) is 1. The maximum atomic E-state index is 12.7. The van der Waals surface area contributed by atoms with E-state index in [0.717, 1.165) is 27.8 Å². The SMILES string of the molecule is O=C1S/C(=C/c2ccc(OCc3ccc(Cl)cc3)cc2)C(=O)N1c1ccc(Cl)cc1. The minimum atomic E-state index is -0.351. The molecule has 1 heterocycles. The van der Waals surface area contributed by atoms with Gasteiger partial charge in [-0.1, -0.05) is 47.5 Å².